The lowest BCUT2D eigenvalue weighted by Crippen LogP contribution is -2.27. The number of ether oxygens (including phenoxy) is 1. The maximum atomic E-state index is 12.0. The van der Waals surface area contributed by atoms with Gasteiger partial charge in [-0.2, -0.15) is 14.9 Å². The fourth-order valence-electron chi connectivity index (χ4n) is 5.45. The summed E-state index contributed by atoms with van der Waals surface area (Å²) >= 11 is 5.43. The highest BCUT2D eigenvalue weighted by Crippen LogP contribution is 2.24. The number of halogens is 1. The van der Waals surface area contributed by atoms with Gasteiger partial charge in [-0.05, 0) is 101 Å². The number of hydrogen-bond donors (Lipinski definition) is 7. The molecule has 5 heterocycles. The number of anilines is 3. The Hall–Kier alpha value is -8.13. The Morgan fingerprint density at radius 3 is 2.18 bits per heavy atom. The molecular weight excluding hydrogens is 814 g/mol. The van der Waals surface area contributed by atoms with Crippen molar-refractivity contribution in [3.8, 4) is 0 Å². The van der Waals surface area contributed by atoms with Crippen molar-refractivity contribution in [3.05, 3.63) is 139 Å². The number of rotatable bonds is 5. The van der Waals surface area contributed by atoms with Gasteiger partial charge in [0, 0.05) is 52.4 Å². The molecular formula is C40H38ClN11O9. The van der Waals surface area contributed by atoms with Crippen molar-refractivity contribution >= 4 is 85.2 Å². The average molecular weight is 852 g/mol. The molecule has 0 fully saturated rings. The standard InChI is InChI=1S/C14H12N4O2.C13H17N3O2.C7H5N3O3.C6H4ClNO2/c1-8-10-5-4-9(7-12(10)18-17-8)16-13-11(14(19)20)3-2-6-15-13;1-8-10-6-5-9(14)7-11(10)16(15-8)12(17)18-13(2,3)4;11-7-5-2-1-4(10(12)13)3-6(5)8-9-7;7-5-4(6(9)10)2-1-3-8-5/h2-7H,1H3,(H,15,16)(H,17,18)(H,19,20);5-7H,14H2,1-4H3;1-3H,(H2,8,9,11);1-3H,(H,9,10). The van der Waals surface area contributed by atoms with Crippen LogP contribution in [-0.4, -0.2) is 78.9 Å². The average Bonchev–Trinajstić information content (AvgIpc) is 3.88. The van der Waals surface area contributed by atoms with E-state index in [1.165, 1.54) is 47.3 Å². The Labute approximate surface area is 349 Å². The van der Waals surface area contributed by atoms with Crippen molar-refractivity contribution in [1.29, 1.82) is 0 Å². The number of pyridine rings is 2. The Balaban J connectivity index is 0.000000159. The number of nitrogens with two attached hydrogens (primary N) is 1. The SMILES string of the molecule is Cc1[nH]nc2cc(Nc3ncccc3C(=O)O)ccc12.Cc1nn(C(=O)OC(C)(C)C)c2cc(N)ccc12.O=C(O)c1cccnc1Cl.O=c1[nH][nH]c2cc([N+](=O)[O-])ccc12. The van der Waals surface area contributed by atoms with Crippen LogP contribution in [0.3, 0.4) is 0 Å². The minimum atomic E-state index is -1.06. The number of aryl methyl sites for hydroxylation is 2. The molecule has 3 aromatic carbocycles. The Bertz CT molecular complexity index is 2970. The summed E-state index contributed by atoms with van der Waals surface area (Å²) in [6.07, 6.45) is 2.49. The second kappa shape index (κ2) is 18.6. The number of nitrogens with one attached hydrogen (secondary N) is 4. The largest absolute Gasteiger partial charge is 0.478 e. The van der Waals surface area contributed by atoms with Crippen LogP contribution in [0.15, 0.2) is 96.1 Å². The number of H-pyrrole nitrogens is 3. The van der Waals surface area contributed by atoms with E-state index in [1.807, 2.05) is 58.9 Å². The molecule has 0 saturated carbocycles. The summed E-state index contributed by atoms with van der Waals surface area (Å²) in [5.41, 5.74) is 10.1. The molecule has 0 atom stereocenters. The van der Waals surface area contributed by atoms with Gasteiger partial charge in [-0.15, -0.1) is 0 Å². The van der Waals surface area contributed by atoms with E-state index >= 15 is 0 Å². The number of aromatic carboxylic acids is 2. The van der Waals surface area contributed by atoms with Crippen molar-refractivity contribution in [1.82, 2.24) is 40.1 Å². The number of nitro groups is 1. The highest BCUT2D eigenvalue weighted by molar-refractivity contribution is 6.32. The first kappa shape index (κ1) is 44.0. The fourth-order valence-corrected chi connectivity index (χ4v) is 5.65. The van der Waals surface area contributed by atoms with Gasteiger partial charge in [-0.3, -0.25) is 30.2 Å². The molecule has 5 aromatic heterocycles. The zero-order valence-electron chi connectivity index (χ0n) is 33.1. The summed E-state index contributed by atoms with van der Waals surface area (Å²) in [5.74, 6) is -1.76. The molecule has 0 aliphatic rings. The molecule has 314 valence electrons. The van der Waals surface area contributed by atoms with Crippen molar-refractivity contribution in [3.63, 3.8) is 0 Å². The monoisotopic (exact) mass is 851 g/mol. The number of aromatic nitrogens is 8. The number of carbonyl (C=O) groups excluding carboxylic acids is 1. The van der Waals surface area contributed by atoms with Gasteiger partial charge in [0.05, 0.1) is 38.1 Å². The third-order valence-corrected chi connectivity index (χ3v) is 8.56. The number of hydrogen-bond acceptors (Lipinski definition) is 13. The summed E-state index contributed by atoms with van der Waals surface area (Å²) in [6, 6.07) is 21.1. The highest BCUT2D eigenvalue weighted by Gasteiger charge is 2.21. The van der Waals surface area contributed by atoms with Gasteiger partial charge in [-0.1, -0.05) is 11.6 Å². The molecule has 20 nitrogen and oxygen atoms in total. The lowest BCUT2D eigenvalue weighted by Gasteiger charge is -2.19. The zero-order valence-corrected chi connectivity index (χ0v) is 33.8. The lowest BCUT2D eigenvalue weighted by molar-refractivity contribution is -0.384. The second-order valence-corrected chi connectivity index (χ2v) is 14.2. The van der Waals surface area contributed by atoms with Crippen molar-refractivity contribution in [2.45, 2.75) is 40.2 Å². The minimum Gasteiger partial charge on any atom is -0.478 e. The number of nitrogens with zero attached hydrogens (tertiary/aromatic N) is 6. The molecule has 8 N–H and O–H groups in total. The van der Waals surface area contributed by atoms with Crippen LogP contribution in [0.1, 0.15) is 52.9 Å². The molecule has 0 saturated heterocycles. The van der Waals surface area contributed by atoms with Crippen LogP contribution >= 0.6 is 11.6 Å². The number of nitrogen functional groups attached to an aromatic ring is 1. The number of non-ortho nitro benzene ring substituents is 1. The minimum absolute atomic E-state index is 0.0231. The lowest BCUT2D eigenvalue weighted by atomic mass is 10.2. The number of carbonyl (C=O) groups is 3. The molecule has 0 bridgehead atoms. The number of carboxylic acids is 2. The van der Waals surface area contributed by atoms with Crippen LogP contribution in [0.5, 0.6) is 0 Å². The molecule has 0 spiro atoms. The van der Waals surface area contributed by atoms with E-state index in [0.717, 1.165) is 33.4 Å². The van der Waals surface area contributed by atoms with E-state index in [4.69, 9.17) is 32.3 Å². The van der Waals surface area contributed by atoms with Crippen LogP contribution in [0.2, 0.25) is 5.15 Å². The van der Waals surface area contributed by atoms with Crippen LogP contribution in [-0.2, 0) is 4.74 Å². The summed E-state index contributed by atoms with van der Waals surface area (Å²) in [7, 11) is 0. The molecule has 21 heteroatoms. The first-order valence-corrected chi connectivity index (χ1v) is 18.3. The van der Waals surface area contributed by atoms with Gasteiger partial charge in [0.15, 0.2) is 0 Å². The molecule has 0 unspecified atom stereocenters. The van der Waals surface area contributed by atoms with Crippen LogP contribution < -0.4 is 16.6 Å². The van der Waals surface area contributed by atoms with Crippen molar-refractivity contribution in [2.75, 3.05) is 11.1 Å². The smallest absolute Gasteiger partial charge is 0.435 e. The van der Waals surface area contributed by atoms with Crippen molar-refractivity contribution < 1.29 is 34.3 Å². The summed E-state index contributed by atoms with van der Waals surface area (Å²) in [4.78, 5) is 62.0. The number of fused-ring (bicyclic) bond motifs is 3. The number of nitro benzene ring substituents is 1. The van der Waals surface area contributed by atoms with E-state index in [9.17, 15) is 29.3 Å². The maximum Gasteiger partial charge on any atom is 0.435 e. The van der Waals surface area contributed by atoms with Gasteiger partial charge in [0.25, 0.3) is 11.2 Å². The predicted molar refractivity (Wildman–Crippen MR) is 228 cm³/mol. The Morgan fingerprint density at radius 2 is 1.54 bits per heavy atom. The van der Waals surface area contributed by atoms with E-state index in [2.05, 4.69) is 40.8 Å². The number of benzene rings is 3. The zero-order chi connectivity index (χ0) is 44.6. The maximum absolute atomic E-state index is 12.0. The first-order chi connectivity index (χ1) is 28.8. The number of carboxylic acid groups (broad SMARTS) is 2. The third kappa shape index (κ3) is 11.1. The fraction of sp³-hybridized carbons (Fsp3) is 0.150. The van der Waals surface area contributed by atoms with Crippen LogP contribution in [0, 0.1) is 24.0 Å². The first-order valence-electron chi connectivity index (χ1n) is 17.9. The second-order valence-electron chi connectivity index (χ2n) is 13.9. The van der Waals surface area contributed by atoms with Crippen molar-refractivity contribution in [2.24, 2.45) is 0 Å². The van der Waals surface area contributed by atoms with E-state index in [1.54, 1.807) is 24.4 Å². The van der Waals surface area contributed by atoms with Crippen LogP contribution in [0.25, 0.3) is 32.7 Å². The number of aromatic amines is 3. The molecule has 8 aromatic rings. The molecule has 0 aliphatic carbocycles. The van der Waals surface area contributed by atoms with Gasteiger partial charge < -0.3 is 26.0 Å². The topological polar surface area (TPSA) is 303 Å². The Kier molecular flexibility index (Phi) is 13.4. The van der Waals surface area contributed by atoms with Gasteiger partial charge in [0.1, 0.15) is 22.1 Å². The van der Waals surface area contributed by atoms with E-state index in [0.29, 0.717) is 27.9 Å². The summed E-state index contributed by atoms with van der Waals surface area (Å²) in [6.45, 7) is 9.25. The quantitative estimate of drug-likeness (QED) is 0.0379. The summed E-state index contributed by atoms with van der Waals surface area (Å²) < 4.78 is 6.56. The Morgan fingerprint density at radius 1 is 0.885 bits per heavy atom. The van der Waals surface area contributed by atoms with E-state index < -0.39 is 28.6 Å². The summed E-state index contributed by atoms with van der Waals surface area (Å²) in [5, 5.41) is 49.5. The van der Waals surface area contributed by atoms with Gasteiger partial charge in [0.2, 0.25) is 0 Å². The van der Waals surface area contributed by atoms with E-state index in [-0.39, 0.29) is 27.5 Å². The molecule has 0 radical (unpaired) electrons. The molecule has 8 rings (SSSR count). The van der Waals surface area contributed by atoms with Crippen LogP contribution in [0.4, 0.5) is 27.7 Å². The molecule has 0 amide bonds. The third-order valence-electron chi connectivity index (χ3n) is 8.26. The van der Waals surface area contributed by atoms with Gasteiger partial charge in [-0.25, -0.2) is 24.4 Å². The highest BCUT2D eigenvalue weighted by atomic mass is 35.5. The van der Waals surface area contributed by atoms with Gasteiger partial charge >= 0.3 is 18.0 Å². The predicted octanol–water partition coefficient (Wildman–Crippen LogP) is 7.62. The normalized spacial score (nSPS) is 10.7. The molecule has 0 aliphatic heterocycles. The molecule has 61 heavy (non-hydrogen) atoms.